The van der Waals surface area contributed by atoms with Gasteiger partial charge in [0, 0.05) is 16.8 Å². The molecule has 0 radical (unpaired) electrons. The summed E-state index contributed by atoms with van der Waals surface area (Å²) < 4.78 is 0. The lowest BCUT2D eigenvalue weighted by Gasteiger charge is -2.24. The van der Waals surface area contributed by atoms with E-state index in [0.717, 1.165) is 22.3 Å². The average Bonchev–Trinajstić information content (AvgIpc) is 2.45. The van der Waals surface area contributed by atoms with E-state index in [1.54, 1.807) is 12.1 Å². The fourth-order valence-electron chi connectivity index (χ4n) is 2.71. The zero-order valence-corrected chi connectivity index (χ0v) is 16.7. The zero-order chi connectivity index (χ0) is 18.3. The smallest absolute Gasteiger partial charge is 0.119 e. The Morgan fingerprint density at radius 3 is 1.33 bits per heavy atom. The van der Waals surface area contributed by atoms with E-state index in [4.69, 9.17) is 0 Å². The maximum Gasteiger partial charge on any atom is 0.119 e. The Kier molecular flexibility index (Phi) is 5.02. The first-order valence-electron chi connectivity index (χ1n) is 8.33. The van der Waals surface area contributed by atoms with Gasteiger partial charge in [0.2, 0.25) is 0 Å². The molecule has 0 saturated carbocycles. The van der Waals surface area contributed by atoms with Crippen molar-refractivity contribution >= 4 is 9.24 Å². The number of hydrogen-bond donors (Lipinski definition) is 2. The third-order valence-corrected chi connectivity index (χ3v) is 5.18. The van der Waals surface area contributed by atoms with Crippen molar-refractivity contribution in [2.24, 2.45) is 0 Å². The average molecular weight is 344 g/mol. The number of benzene rings is 2. The van der Waals surface area contributed by atoms with Crippen LogP contribution < -0.4 is 0 Å². The highest BCUT2D eigenvalue weighted by atomic mass is 31.0. The second-order valence-electron chi connectivity index (χ2n) is 8.52. The largest absolute Gasteiger partial charge is 0.508 e. The van der Waals surface area contributed by atoms with Gasteiger partial charge in [-0.3, -0.25) is 0 Å². The summed E-state index contributed by atoms with van der Waals surface area (Å²) in [5.74, 6) is 0.507. The Hall–Kier alpha value is -1.53. The highest BCUT2D eigenvalue weighted by molar-refractivity contribution is 7.17. The summed E-state index contributed by atoms with van der Waals surface area (Å²) in [6, 6.07) is 11.5. The van der Waals surface area contributed by atoms with E-state index in [1.807, 2.05) is 24.3 Å². The molecule has 0 saturated heterocycles. The van der Waals surface area contributed by atoms with Crippen LogP contribution in [0.2, 0.25) is 0 Å². The Labute approximate surface area is 148 Å². The molecular weight excluding hydrogens is 315 g/mol. The van der Waals surface area contributed by atoms with Crippen LogP contribution >= 0.6 is 9.24 Å². The Morgan fingerprint density at radius 1 is 0.708 bits per heavy atom. The van der Waals surface area contributed by atoms with Crippen LogP contribution in [0.15, 0.2) is 36.4 Å². The number of phenolic OH excluding ortho intramolecular Hbond substituents is 2. The number of phenols is 2. The molecule has 130 valence electrons. The lowest BCUT2D eigenvalue weighted by Crippen LogP contribution is -2.12. The molecule has 1 unspecified atom stereocenters. The monoisotopic (exact) mass is 344 g/mol. The Morgan fingerprint density at radius 2 is 1.04 bits per heavy atom. The van der Waals surface area contributed by atoms with Crippen LogP contribution in [0.5, 0.6) is 11.5 Å². The molecule has 24 heavy (non-hydrogen) atoms. The van der Waals surface area contributed by atoms with Crippen LogP contribution in [-0.2, 0) is 10.8 Å². The first kappa shape index (κ1) is 18.8. The van der Waals surface area contributed by atoms with Gasteiger partial charge in [-0.05, 0) is 34.1 Å². The first-order valence-corrected chi connectivity index (χ1v) is 9.00. The van der Waals surface area contributed by atoms with E-state index >= 15 is 0 Å². The van der Waals surface area contributed by atoms with Gasteiger partial charge in [0.05, 0.1) is 0 Å². The highest BCUT2D eigenvalue weighted by Crippen LogP contribution is 2.43. The molecule has 0 heterocycles. The Bertz CT molecular complexity index is 673. The summed E-state index contributed by atoms with van der Waals surface area (Å²) >= 11 is 0. The quantitative estimate of drug-likeness (QED) is 0.690. The van der Waals surface area contributed by atoms with Gasteiger partial charge in [0.1, 0.15) is 11.5 Å². The molecule has 0 aliphatic heterocycles. The number of rotatable bonds is 2. The van der Waals surface area contributed by atoms with E-state index < -0.39 is 0 Å². The summed E-state index contributed by atoms with van der Waals surface area (Å²) in [6.07, 6.45) is 0. The third kappa shape index (κ3) is 3.92. The minimum Gasteiger partial charge on any atom is -0.508 e. The molecule has 0 aliphatic carbocycles. The van der Waals surface area contributed by atoms with E-state index in [-0.39, 0.29) is 28.0 Å². The van der Waals surface area contributed by atoms with E-state index in [2.05, 4.69) is 50.8 Å². The van der Waals surface area contributed by atoms with Crippen LogP contribution in [0.4, 0.5) is 0 Å². The summed E-state index contributed by atoms with van der Waals surface area (Å²) in [5, 5.41) is 20.7. The topological polar surface area (TPSA) is 40.5 Å². The molecule has 2 rings (SSSR count). The molecule has 0 aliphatic rings. The molecule has 0 fully saturated rings. The van der Waals surface area contributed by atoms with E-state index in [1.165, 1.54) is 0 Å². The lowest BCUT2D eigenvalue weighted by molar-refractivity contribution is 0.460. The minimum atomic E-state index is -0.172. The standard InChI is InChI=1S/C21H29O2P/c1-20(2,3)13-7-9-17(22)15(11-13)19(24)16-12-14(21(4,5)6)8-10-18(16)23/h7-12,19,22-23H,24H2,1-6H3. The lowest BCUT2D eigenvalue weighted by atomic mass is 9.83. The normalized spacial score (nSPS) is 12.7. The van der Waals surface area contributed by atoms with E-state index in [0.29, 0.717) is 0 Å². The maximum atomic E-state index is 10.4. The molecule has 2 nitrogen and oxygen atoms in total. The number of aromatic hydroxyl groups is 2. The van der Waals surface area contributed by atoms with Gasteiger partial charge in [-0.1, -0.05) is 65.8 Å². The summed E-state index contributed by atoms with van der Waals surface area (Å²) in [6.45, 7) is 12.9. The van der Waals surface area contributed by atoms with Gasteiger partial charge in [-0.2, -0.15) is 0 Å². The molecule has 2 aromatic rings. The van der Waals surface area contributed by atoms with Crippen LogP contribution in [0, 0.1) is 0 Å². The van der Waals surface area contributed by atoms with Crippen LogP contribution in [0.1, 0.15) is 69.5 Å². The summed E-state index contributed by atoms with van der Waals surface area (Å²) in [4.78, 5) is 0. The van der Waals surface area contributed by atoms with Crippen molar-refractivity contribution in [3.05, 3.63) is 58.7 Å². The van der Waals surface area contributed by atoms with Gasteiger partial charge >= 0.3 is 0 Å². The minimum absolute atomic E-state index is 0.00212. The van der Waals surface area contributed by atoms with E-state index in [9.17, 15) is 10.2 Å². The van der Waals surface area contributed by atoms with Crippen molar-refractivity contribution in [3.8, 4) is 11.5 Å². The van der Waals surface area contributed by atoms with Gasteiger partial charge in [-0.25, -0.2) is 0 Å². The summed E-state index contributed by atoms with van der Waals surface area (Å²) in [5.41, 5.74) is 3.78. The molecule has 1 atom stereocenters. The molecule has 0 bridgehead atoms. The Balaban J connectivity index is 2.55. The van der Waals surface area contributed by atoms with Crippen LogP contribution in [0.25, 0.3) is 0 Å². The van der Waals surface area contributed by atoms with Gasteiger partial charge in [0.15, 0.2) is 0 Å². The molecule has 2 aromatic carbocycles. The molecule has 0 spiro atoms. The second-order valence-corrected chi connectivity index (χ2v) is 9.19. The predicted octanol–water partition coefficient (Wildman–Crippen LogP) is 5.66. The van der Waals surface area contributed by atoms with Gasteiger partial charge in [0.25, 0.3) is 0 Å². The van der Waals surface area contributed by atoms with Crippen molar-refractivity contribution in [1.29, 1.82) is 0 Å². The van der Waals surface area contributed by atoms with Crippen molar-refractivity contribution in [2.75, 3.05) is 0 Å². The predicted molar refractivity (Wildman–Crippen MR) is 105 cm³/mol. The van der Waals surface area contributed by atoms with Crippen molar-refractivity contribution in [2.45, 2.75) is 58.0 Å². The SMILES string of the molecule is CC(C)(C)c1ccc(O)c(C(P)c2cc(C(C)(C)C)ccc2O)c1. The molecule has 2 N–H and O–H groups in total. The van der Waals surface area contributed by atoms with Crippen molar-refractivity contribution < 1.29 is 10.2 Å². The van der Waals surface area contributed by atoms with Crippen LogP contribution in [0.3, 0.4) is 0 Å². The fourth-order valence-corrected chi connectivity index (χ4v) is 3.24. The number of hydrogen-bond acceptors (Lipinski definition) is 2. The zero-order valence-electron chi connectivity index (χ0n) is 15.5. The molecule has 0 amide bonds. The molecular formula is C21H29O2P. The maximum absolute atomic E-state index is 10.4. The highest BCUT2D eigenvalue weighted by Gasteiger charge is 2.22. The van der Waals surface area contributed by atoms with Gasteiger partial charge < -0.3 is 10.2 Å². The third-order valence-electron chi connectivity index (χ3n) is 4.46. The second kappa shape index (κ2) is 6.41. The van der Waals surface area contributed by atoms with Crippen molar-refractivity contribution in [3.63, 3.8) is 0 Å². The van der Waals surface area contributed by atoms with Crippen LogP contribution in [-0.4, -0.2) is 10.2 Å². The molecule has 0 aromatic heterocycles. The fraction of sp³-hybridized carbons (Fsp3) is 0.429. The first-order chi connectivity index (χ1) is 10.9. The van der Waals surface area contributed by atoms with Crippen molar-refractivity contribution in [1.82, 2.24) is 0 Å². The summed E-state index contributed by atoms with van der Waals surface area (Å²) in [7, 11) is 2.76. The molecule has 3 heteroatoms. The van der Waals surface area contributed by atoms with Gasteiger partial charge in [-0.15, -0.1) is 9.24 Å².